The maximum absolute atomic E-state index is 13.1. The minimum atomic E-state index is -0.993. The third kappa shape index (κ3) is 3.27. The Bertz CT molecular complexity index is 1300. The Labute approximate surface area is 175 Å². The predicted octanol–water partition coefficient (Wildman–Crippen LogP) is 4.05. The lowest BCUT2D eigenvalue weighted by molar-refractivity contribution is 0.102. The van der Waals surface area contributed by atoms with Crippen molar-refractivity contribution in [1.82, 2.24) is 9.78 Å². The molecule has 0 fully saturated rings. The summed E-state index contributed by atoms with van der Waals surface area (Å²) in [6, 6.07) is 21.0. The summed E-state index contributed by atoms with van der Waals surface area (Å²) in [5.41, 5.74) is 2.95. The molecular formula is C23H19N3O3S. The summed E-state index contributed by atoms with van der Waals surface area (Å²) in [4.78, 5) is 13.1. The first kappa shape index (κ1) is 18.6. The number of carbonyl (C=O) groups excluding carboxylic acids is 1. The van der Waals surface area contributed by atoms with Crippen LogP contribution in [0.3, 0.4) is 0 Å². The molecule has 0 saturated carbocycles. The first-order chi connectivity index (χ1) is 14.6. The van der Waals surface area contributed by atoms with Crippen LogP contribution in [0.1, 0.15) is 21.6 Å². The van der Waals surface area contributed by atoms with Crippen LogP contribution in [0.5, 0.6) is 5.75 Å². The van der Waals surface area contributed by atoms with Gasteiger partial charge in [-0.3, -0.25) is 9.00 Å². The lowest BCUT2D eigenvalue weighted by atomic mass is 10.1. The zero-order valence-corrected chi connectivity index (χ0v) is 17.1. The number of hydrogen-bond donors (Lipinski definition) is 1. The molecule has 1 aliphatic rings. The molecule has 0 aliphatic carbocycles. The molecule has 1 aliphatic heterocycles. The molecular weight excluding hydrogens is 398 g/mol. The van der Waals surface area contributed by atoms with Gasteiger partial charge >= 0.3 is 0 Å². The van der Waals surface area contributed by atoms with Crippen molar-refractivity contribution in [3.05, 3.63) is 83.6 Å². The summed E-state index contributed by atoms with van der Waals surface area (Å²) in [5.74, 6) is 1.87. The highest BCUT2D eigenvalue weighted by Crippen LogP contribution is 2.32. The highest BCUT2D eigenvalue weighted by atomic mass is 32.2. The number of hydrogen-bond acceptors (Lipinski definition) is 4. The summed E-state index contributed by atoms with van der Waals surface area (Å²) in [6.07, 6.45) is 0. The van der Waals surface area contributed by atoms with Gasteiger partial charge in [0.05, 0.1) is 30.0 Å². The van der Waals surface area contributed by atoms with Crippen LogP contribution >= 0.6 is 0 Å². The molecule has 0 unspecified atom stereocenters. The van der Waals surface area contributed by atoms with Crippen molar-refractivity contribution in [3.63, 3.8) is 0 Å². The molecule has 6 nitrogen and oxygen atoms in total. The second-order valence-electron chi connectivity index (χ2n) is 7.13. The fraction of sp³-hybridized carbons (Fsp3) is 0.130. The molecule has 3 aromatic carbocycles. The largest absolute Gasteiger partial charge is 0.497 e. The maximum Gasteiger partial charge on any atom is 0.256 e. The van der Waals surface area contributed by atoms with Crippen molar-refractivity contribution >= 4 is 33.3 Å². The van der Waals surface area contributed by atoms with E-state index in [1.807, 2.05) is 66.7 Å². The molecule has 1 N–H and O–H groups in total. The number of benzene rings is 3. The number of fused-ring (bicyclic) bond motifs is 2. The van der Waals surface area contributed by atoms with Crippen LogP contribution in [0.2, 0.25) is 0 Å². The van der Waals surface area contributed by atoms with Crippen molar-refractivity contribution in [3.8, 4) is 11.4 Å². The lowest BCUT2D eigenvalue weighted by Crippen LogP contribution is -2.16. The SMILES string of the molecule is COc1ccc(-n2nc3c(c2NC(=O)c2ccc4ccccc4c2)C[S@](=O)C3)cc1. The van der Waals surface area contributed by atoms with Crippen LogP contribution in [-0.4, -0.2) is 27.0 Å². The van der Waals surface area contributed by atoms with Gasteiger partial charge in [0.1, 0.15) is 11.6 Å². The van der Waals surface area contributed by atoms with Crippen molar-refractivity contribution in [1.29, 1.82) is 0 Å². The molecule has 1 amide bonds. The van der Waals surface area contributed by atoms with Crippen LogP contribution in [-0.2, 0) is 22.3 Å². The van der Waals surface area contributed by atoms with E-state index in [1.165, 1.54) is 0 Å². The minimum Gasteiger partial charge on any atom is -0.497 e. The third-order valence-electron chi connectivity index (χ3n) is 5.23. The second-order valence-corrected chi connectivity index (χ2v) is 8.59. The number of anilines is 1. The molecule has 0 saturated heterocycles. The monoisotopic (exact) mass is 417 g/mol. The zero-order valence-electron chi connectivity index (χ0n) is 16.3. The predicted molar refractivity (Wildman–Crippen MR) is 118 cm³/mol. The third-order valence-corrected chi connectivity index (χ3v) is 6.44. The van der Waals surface area contributed by atoms with Crippen LogP contribution in [0.15, 0.2) is 66.7 Å². The van der Waals surface area contributed by atoms with Crippen molar-refractivity contribution in [2.24, 2.45) is 0 Å². The number of rotatable bonds is 4. The van der Waals surface area contributed by atoms with Gasteiger partial charge in [0, 0.05) is 21.9 Å². The molecule has 0 radical (unpaired) electrons. The van der Waals surface area contributed by atoms with Gasteiger partial charge in [-0.25, -0.2) is 4.68 Å². The first-order valence-electron chi connectivity index (χ1n) is 9.53. The molecule has 0 bridgehead atoms. The van der Waals surface area contributed by atoms with Gasteiger partial charge in [-0.2, -0.15) is 5.10 Å². The van der Waals surface area contributed by atoms with Gasteiger partial charge in [0.2, 0.25) is 0 Å². The van der Waals surface area contributed by atoms with E-state index in [2.05, 4.69) is 10.4 Å². The maximum atomic E-state index is 13.1. The normalized spacial score (nSPS) is 15.2. The highest BCUT2D eigenvalue weighted by Gasteiger charge is 2.28. The number of methoxy groups -OCH3 is 1. The molecule has 1 atom stereocenters. The molecule has 4 aromatic rings. The Morgan fingerprint density at radius 2 is 1.80 bits per heavy atom. The van der Waals surface area contributed by atoms with E-state index in [0.717, 1.165) is 33.5 Å². The molecule has 150 valence electrons. The molecule has 30 heavy (non-hydrogen) atoms. The molecule has 2 heterocycles. The van der Waals surface area contributed by atoms with Crippen molar-refractivity contribution < 1.29 is 13.7 Å². The van der Waals surface area contributed by atoms with Gasteiger partial charge in [0.25, 0.3) is 5.91 Å². The average molecular weight is 417 g/mol. The fourth-order valence-corrected chi connectivity index (χ4v) is 4.94. The van der Waals surface area contributed by atoms with E-state index < -0.39 is 10.8 Å². The number of carbonyl (C=O) groups is 1. The second kappa shape index (κ2) is 7.42. The van der Waals surface area contributed by atoms with Gasteiger partial charge in [-0.1, -0.05) is 30.3 Å². The Hall–Kier alpha value is -3.45. The minimum absolute atomic E-state index is 0.226. The Morgan fingerprint density at radius 3 is 2.57 bits per heavy atom. The van der Waals surface area contributed by atoms with Crippen LogP contribution < -0.4 is 10.1 Å². The van der Waals surface area contributed by atoms with Crippen LogP contribution in [0.25, 0.3) is 16.5 Å². The van der Waals surface area contributed by atoms with Crippen molar-refractivity contribution in [2.75, 3.05) is 12.4 Å². The van der Waals surface area contributed by atoms with E-state index in [-0.39, 0.29) is 5.91 Å². The summed E-state index contributed by atoms with van der Waals surface area (Å²) >= 11 is 0. The van der Waals surface area contributed by atoms with Crippen molar-refractivity contribution in [2.45, 2.75) is 11.5 Å². The van der Waals surface area contributed by atoms with E-state index in [1.54, 1.807) is 11.8 Å². The first-order valence-corrected chi connectivity index (χ1v) is 11.0. The van der Waals surface area contributed by atoms with E-state index >= 15 is 0 Å². The van der Waals surface area contributed by atoms with Gasteiger partial charge in [-0.15, -0.1) is 0 Å². The highest BCUT2D eigenvalue weighted by molar-refractivity contribution is 7.83. The summed E-state index contributed by atoms with van der Waals surface area (Å²) in [7, 11) is 0.620. The van der Waals surface area contributed by atoms with Gasteiger partial charge in [-0.05, 0) is 47.2 Å². The summed E-state index contributed by atoms with van der Waals surface area (Å²) in [5, 5.41) is 9.72. The zero-order chi connectivity index (χ0) is 20.7. The average Bonchev–Trinajstić information content (AvgIpc) is 3.30. The number of aromatic nitrogens is 2. The van der Waals surface area contributed by atoms with E-state index in [9.17, 15) is 9.00 Å². The van der Waals surface area contributed by atoms with Crippen LogP contribution in [0, 0.1) is 0 Å². The van der Waals surface area contributed by atoms with Gasteiger partial charge in [0.15, 0.2) is 0 Å². The number of nitrogens with zero attached hydrogens (tertiary/aromatic N) is 2. The van der Waals surface area contributed by atoms with E-state index in [4.69, 9.17) is 4.74 Å². The Morgan fingerprint density at radius 1 is 1.03 bits per heavy atom. The summed E-state index contributed by atoms with van der Waals surface area (Å²) in [6.45, 7) is 0. The molecule has 7 heteroatoms. The number of amides is 1. The Kier molecular flexibility index (Phi) is 4.59. The number of nitrogens with one attached hydrogen (secondary N) is 1. The topological polar surface area (TPSA) is 73.2 Å². The molecule has 0 spiro atoms. The molecule has 1 aromatic heterocycles. The van der Waals surface area contributed by atoms with Crippen LogP contribution in [0.4, 0.5) is 5.82 Å². The smallest absolute Gasteiger partial charge is 0.256 e. The lowest BCUT2D eigenvalue weighted by Gasteiger charge is -2.12. The number of ether oxygens (including phenoxy) is 1. The van der Waals surface area contributed by atoms with Gasteiger partial charge < -0.3 is 10.1 Å². The Balaban J connectivity index is 1.53. The van der Waals surface area contributed by atoms with E-state index in [0.29, 0.717) is 22.9 Å². The fourth-order valence-electron chi connectivity index (χ4n) is 3.68. The quantitative estimate of drug-likeness (QED) is 0.544. The standard InChI is InChI=1S/C23H19N3O3S/c1-29-19-10-8-18(9-11-19)26-22(20-13-30(28)14-21(20)25-26)24-23(27)17-7-6-15-4-2-3-5-16(15)12-17/h2-12H,13-14H2,1H3,(H,24,27)/t30-/m0/s1. The summed E-state index contributed by atoms with van der Waals surface area (Å²) < 4.78 is 19.0. The molecule has 5 rings (SSSR count).